The first-order chi connectivity index (χ1) is 18.1. The second kappa shape index (κ2) is 10.3. The molecule has 1 amide bonds. The molecule has 0 aliphatic carbocycles. The van der Waals surface area contributed by atoms with Crippen molar-refractivity contribution in [1.82, 2.24) is 30.0 Å². The van der Waals surface area contributed by atoms with Crippen LogP contribution in [0.1, 0.15) is 18.5 Å². The number of H-pyrrole nitrogens is 1. The fourth-order valence-electron chi connectivity index (χ4n) is 5.45. The summed E-state index contributed by atoms with van der Waals surface area (Å²) in [6.45, 7) is 3.61. The van der Waals surface area contributed by atoms with Crippen LogP contribution >= 0.6 is 0 Å². The number of methoxy groups -OCH3 is 1. The molecular weight excluding hydrogens is 468 g/mol. The minimum atomic E-state index is 0.0841. The third-order valence-electron chi connectivity index (χ3n) is 7.33. The molecule has 6 rings (SSSR count). The number of aromatic amines is 1. The average Bonchev–Trinajstić information content (AvgIpc) is 3.52. The molecule has 2 aliphatic rings. The molecule has 2 fully saturated rings. The van der Waals surface area contributed by atoms with Crippen LogP contribution in [0.4, 0.5) is 0 Å². The predicted molar refractivity (Wildman–Crippen MR) is 139 cm³/mol. The molecule has 0 spiro atoms. The predicted octanol–water partition coefficient (Wildman–Crippen LogP) is 3.88. The summed E-state index contributed by atoms with van der Waals surface area (Å²) in [6.07, 6.45) is 5.67. The zero-order chi connectivity index (χ0) is 25.2. The van der Waals surface area contributed by atoms with Crippen LogP contribution in [0.2, 0.25) is 0 Å². The third-order valence-corrected chi connectivity index (χ3v) is 7.33. The summed E-state index contributed by atoms with van der Waals surface area (Å²) in [5.41, 5.74) is 3.84. The van der Waals surface area contributed by atoms with Gasteiger partial charge in [-0.15, -0.1) is 0 Å². The molecule has 2 atom stereocenters. The number of hydrogen-bond donors (Lipinski definition) is 1. The molecule has 1 N–H and O–H groups in total. The van der Waals surface area contributed by atoms with E-state index >= 15 is 0 Å². The minimum Gasteiger partial charge on any atom is -0.439 e. The lowest BCUT2D eigenvalue weighted by molar-refractivity contribution is -0.136. The Kier molecular flexibility index (Phi) is 6.55. The van der Waals surface area contributed by atoms with Gasteiger partial charge < -0.3 is 14.4 Å². The number of aromatic nitrogens is 4. The van der Waals surface area contributed by atoms with Gasteiger partial charge in [-0.05, 0) is 55.2 Å². The zero-order valence-corrected chi connectivity index (χ0v) is 20.8. The number of pyridine rings is 2. The number of likely N-dealkylation sites (tertiary alicyclic amines) is 2. The number of carbonyl (C=O) groups is 1. The number of amides is 1. The summed E-state index contributed by atoms with van der Waals surface area (Å²) in [6, 6.07) is 16.2. The van der Waals surface area contributed by atoms with Gasteiger partial charge in [-0.1, -0.05) is 6.07 Å². The van der Waals surface area contributed by atoms with Crippen molar-refractivity contribution in [3.8, 4) is 22.9 Å². The van der Waals surface area contributed by atoms with Crippen molar-refractivity contribution in [3.05, 3.63) is 66.6 Å². The van der Waals surface area contributed by atoms with Gasteiger partial charge in [-0.25, -0.2) is 4.98 Å². The van der Waals surface area contributed by atoms with E-state index in [1.165, 1.54) is 0 Å². The molecule has 0 radical (unpaired) electrons. The molecule has 37 heavy (non-hydrogen) atoms. The fraction of sp³-hybridized carbons (Fsp3) is 0.357. The summed E-state index contributed by atoms with van der Waals surface area (Å²) in [7, 11) is 1.58. The maximum Gasteiger partial charge on any atom is 0.248 e. The second-order valence-corrected chi connectivity index (χ2v) is 9.86. The number of nitrogens with zero attached hydrogens (tertiary/aromatic N) is 5. The van der Waals surface area contributed by atoms with E-state index in [0.29, 0.717) is 23.6 Å². The lowest BCUT2D eigenvalue weighted by Gasteiger charge is -2.31. The number of hydrogen-bond acceptors (Lipinski definition) is 7. The van der Waals surface area contributed by atoms with E-state index in [0.717, 1.165) is 66.9 Å². The number of nitrogens with one attached hydrogen (secondary N) is 1. The van der Waals surface area contributed by atoms with Crippen molar-refractivity contribution in [2.75, 3.05) is 33.4 Å². The Hall–Kier alpha value is -3.82. The van der Waals surface area contributed by atoms with Crippen molar-refractivity contribution in [2.45, 2.75) is 25.4 Å². The van der Waals surface area contributed by atoms with Crippen molar-refractivity contribution in [1.29, 1.82) is 0 Å². The quantitative estimate of drug-likeness (QED) is 0.413. The third kappa shape index (κ3) is 5.19. The van der Waals surface area contributed by atoms with Crippen LogP contribution in [0.5, 0.6) is 11.6 Å². The molecule has 1 aromatic carbocycles. The summed E-state index contributed by atoms with van der Waals surface area (Å²) in [4.78, 5) is 26.2. The molecule has 3 aromatic heterocycles. The summed E-state index contributed by atoms with van der Waals surface area (Å²) < 4.78 is 11.1. The van der Waals surface area contributed by atoms with Gasteiger partial charge in [-0.3, -0.25) is 19.8 Å². The maximum absolute atomic E-state index is 12.4. The highest BCUT2D eigenvalue weighted by Crippen LogP contribution is 2.32. The van der Waals surface area contributed by atoms with Crippen molar-refractivity contribution in [3.63, 3.8) is 0 Å². The topological polar surface area (TPSA) is 96.5 Å². The largest absolute Gasteiger partial charge is 0.439 e. The van der Waals surface area contributed by atoms with Crippen LogP contribution in [0.15, 0.2) is 60.9 Å². The summed E-state index contributed by atoms with van der Waals surface area (Å²) >= 11 is 0. The van der Waals surface area contributed by atoms with Crippen LogP contribution in [0.25, 0.3) is 22.2 Å². The van der Waals surface area contributed by atoms with Gasteiger partial charge in [0.2, 0.25) is 11.8 Å². The van der Waals surface area contributed by atoms with E-state index < -0.39 is 0 Å². The lowest BCUT2D eigenvalue weighted by atomic mass is 10.0. The molecule has 5 heterocycles. The number of ether oxygens (including phenoxy) is 2. The fourth-order valence-corrected chi connectivity index (χ4v) is 5.45. The summed E-state index contributed by atoms with van der Waals surface area (Å²) in [5.74, 6) is 1.96. The normalized spacial score (nSPS) is 19.8. The SMILES string of the molecule is COCC(=O)N1CCC2CC(C1)N(Cc1ccc3cc(Oc4ccc(-c5ccn[nH]5)cn4)ccc3n1)C2. The standard InChI is InChI=1S/C28H30N6O3/c1-36-18-28(35)33-11-9-19-12-23(17-33)34(15-19)16-22-4-2-20-13-24(5-6-25(20)31-22)37-27-7-3-21(14-29-27)26-8-10-30-32-26/h2-8,10,13-14,19,23H,9,11-12,15-18H2,1H3,(H,30,32). The van der Waals surface area contributed by atoms with E-state index in [-0.39, 0.29) is 12.5 Å². The Balaban J connectivity index is 1.12. The van der Waals surface area contributed by atoms with E-state index in [9.17, 15) is 4.79 Å². The van der Waals surface area contributed by atoms with Crippen LogP contribution < -0.4 is 4.74 Å². The van der Waals surface area contributed by atoms with Crippen molar-refractivity contribution >= 4 is 16.8 Å². The molecule has 0 saturated carbocycles. The molecule has 2 saturated heterocycles. The monoisotopic (exact) mass is 498 g/mol. The minimum absolute atomic E-state index is 0.0841. The highest BCUT2D eigenvalue weighted by Gasteiger charge is 2.37. The summed E-state index contributed by atoms with van der Waals surface area (Å²) in [5, 5.41) is 7.93. The Morgan fingerprint density at radius 2 is 2.08 bits per heavy atom. The highest BCUT2D eigenvalue weighted by atomic mass is 16.5. The van der Waals surface area contributed by atoms with Gasteiger partial charge in [0, 0.05) is 68.7 Å². The molecule has 9 heteroatoms. The first-order valence-corrected chi connectivity index (χ1v) is 12.7. The van der Waals surface area contributed by atoms with E-state index in [1.807, 2.05) is 41.3 Å². The molecule has 190 valence electrons. The van der Waals surface area contributed by atoms with E-state index in [1.54, 1.807) is 19.5 Å². The van der Waals surface area contributed by atoms with Crippen LogP contribution in [0, 0.1) is 5.92 Å². The number of carbonyl (C=O) groups excluding carboxylic acids is 1. The first kappa shape index (κ1) is 23.6. The van der Waals surface area contributed by atoms with Gasteiger partial charge >= 0.3 is 0 Å². The maximum atomic E-state index is 12.4. The van der Waals surface area contributed by atoms with E-state index in [2.05, 4.69) is 32.2 Å². The van der Waals surface area contributed by atoms with Crippen molar-refractivity contribution in [2.24, 2.45) is 5.92 Å². The van der Waals surface area contributed by atoms with Gasteiger partial charge in [0.15, 0.2) is 0 Å². The molecule has 2 bridgehead atoms. The van der Waals surface area contributed by atoms with Gasteiger partial charge in [-0.2, -0.15) is 5.10 Å². The lowest BCUT2D eigenvalue weighted by Crippen LogP contribution is -2.45. The van der Waals surface area contributed by atoms with E-state index in [4.69, 9.17) is 14.5 Å². The molecule has 2 unspecified atom stereocenters. The first-order valence-electron chi connectivity index (χ1n) is 12.7. The second-order valence-electron chi connectivity index (χ2n) is 9.86. The average molecular weight is 499 g/mol. The molecule has 2 aliphatic heterocycles. The Morgan fingerprint density at radius 3 is 2.89 bits per heavy atom. The van der Waals surface area contributed by atoms with Gasteiger partial charge in [0.1, 0.15) is 12.4 Å². The van der Waals surface area contributed by atoms with Crippen LogP contribution in [0.3, 0.4) is 0 Å². The smallest absolute Gasteiger partial charge is 0.248 e. The molecule has 4 aromatic rings. The Bertz CT molecular complexity index is 1370. The van der Waals surface area contributed by atoms with Crippen LogP contribution in [-0.2, 0) is 16.1 Å². The van der Waals surface area contributed by atoms with Crippen molar-refractivity contribution < 1.29 is 14.3 Å². The van der Waals surface area contributed by atoms with Crippen LogP contribution in [-0.4, -0.2) is 75.3 Å². The molecular formula is C28H30N6O3. The molecule has 9 nitrogen and oxygen atoms in total. The Labute approximate surface area is 215 Å². The number of fused-ring (bicyclic) bond motifs is 3. The number of rotatable bonds is 7. The Morgan fingerprint density at radius 1 is 1.14 bits per heavy atom. The zero-order valence-electron chi connectivity index (χ0n) is 20.8. The highest BCUT2D eigenvalue weighted by molar-refractivity contribution is 5.80. The van der Waals surface area contributed by atoms with Gasteiger partial charge in [0.05, 0.1) is 16.9 Å². The van der Waals surface area contributed by atoms with Gasteiger partial charge in [0.25, 0.3) is 0 Å². The number of benzene rings is 1.